The third-order valence-electron chi connectivity index (χ3n) is 1.43. The summed E-state index contributed by atoms with van der Waals surface area (Å²) in [7, 11) is 0. The van der Waals surface area contributed by atoms with Crippen molar-refractivity contribution < 1.29 is 0 Å². The van der Waals surface area contributed by atoms with Gasteiger partial charge in [0.05, 0.1) is 0 Å². The zero-order valence-corrected chi connectivity index (χ0v) is 5.72. The van der Waals surface area contributed by atoms with E-state index in [0.717, 1.165) is 11.1 Å². The molecular formula is C8H10N2. The summed E-state index contributed by atoms with van der Waals surface area (Å²) in [5.74, 6) is 0. The molecule has 2 heteroatoms. The van der Waals surface area contributed by atoms with E-state index in [9.17, 15) is 0 Å². The molecule has 52 valence electrons. The smallest absolute Gasteiger partial charge is 0.0351 e. The van der Waals surface area contributed by atoms with E-state index in [1.807, 2.05) is 24.3 Å². The molecule has 0 aliphatic heterocycles. The highest BCUT2D eigenvalue weighted by atomic mass is 14.5. The van der Waals surface area contributed by atoms with Crippen molar-refractivity contribution in [1.82, 2.24) is 11.5 Å². The van der Waals surface area contributed by atoms with Gasteiger partial charge >= 0.3 is 0 Å². The lowest BCUT2D eigenvalue weighted by molar-refractivity contribution is 0.999. The van der Waals surface area contributed by atoms with Gasteiger partial charge in [0, 0.05) is 13.1 Å². The fourth-order valence-electron chi connectivity index (χ4n) is 0.775. The van der Waals surface area contributed by atoms with Crippen LogP contribution in [0.4, 0.5) is 0 Å². The molecule has 0 bridgehead atoms. The minimum absolute atomic E-state index is 0.332. The van der Waals surface area contributed by atoms with Crippen LogP contribution in [0.5, 0.6) is 0 Å². The maximum atomic E-state index is 7.02. The Morgan fingerprint density at radius 3 is 1.30 bits per heavy atom. The third-order valence-corrected chi connectivity index (χ3v) is 1.43. The van der Waals surface area contributed by atoms with Gasteiger partial charge in [0.1, 0.15) is 0 Å². The molecule has 1 aromatic rings. The van der Waals surface area contributed by atoms with Crippen LogP contribution in [0, 0.1) is 0 Å². The molecule has 0 aromatic heterocycles. The van der Waals surface area contributed by atoms with E-state index in [-0.39, 0.29) is 0 Å². The van der Waals surface area contributed by atoms with Crippen molar-refractivity contribution in [1.29, 1.82) is 0 Å². The summed E-state index contributed by atoms with van der Waals surface area (Å²) in [6.45, 7) is 0.663. The molecule has 0 spiro atoms. The molecule has 2 N–H and O–H groups in total. The molecule has 1 aromatic carbocycles. The van der Waals surface area contributed by atoms with Crippen molar-refractivity contribution in [2.45, 2.75) is 13.1 Å². The van der Waals surface area contributed by atoms with Gasteiger partial charge in [-0.2, -0.15) is 0 Å². The Bertz CT molecular complexity index is 168. The second kappa shape index (κ2) is 3.34. The zero-order valence-electron chi connectivity index (χ0n) is 5.72. The van der Waals surface area contributed by atoms with Crippen molar-refractivity contribution in [2.24, 2.45) is 0 Å². The monoisotopic (exact) mass is 134 g/mol. The maximum absolute atomic E-state index is 7.02. The molecule has 0 saturated heterocycles. The molecular weight excluding hydrogens is 124 g/mol. The van der Waals surface area contributed by atoms with Crippen LogP contribution in [0.3, 0.4) is 0 Å². The average Bonchev–Trinajstić information content (AvgIpc) is 2.05. The van der Waals surface area contributed by atoms with Gasteiger partial charge in [-0.15, -0.1) is 0 Å². The molecule has 0 unspecified atom stereocenters. The summed E-state index contributed by atoms with van der Waals surface area (Å²) in [5.41, 5.74) is 16.1. The molecule has 0 fully saturated rings. The predicted molar refractivity (Wildman–Crippen MR) is 40.0 cm³/mol. The van der Waals surface area contributed by atoms with E-state index in [4.69, 9.17) is 11.5 Å². The Labute approximate surface area is 60.8 Å². The van der Waals surface area contributed by atoms with Crippen LogP contribution < -0.4 is 11.5 Å². The van der Waals surface area contributed by atoms with E-state index in [2.05, 4.69) is 0 Å². The zero-order chi connectivity index (χ0) is 7.40. The van der Waals surface area contributed by atoms with E-state index < -0.39 is 0 Å². The first kappa shape index (κ1) is 7.25. The minimum Gasteiger partial charge on any atom is -0.253 e. The molecule has 0 aliphatic carbocycles. The number of hydrogen-bond acceptors (Lipinski definition) is 0. The van der Waals surface area contributed by atoms with Crippen LogP contribution >= 0.6 is 0 Å². The van der Waals surface area contributed by atoms with Crippen molar-refractivity contribution in [3.05, 3.63) is 35.4 Å². The maximum Gasteiger partial charge on any atom is 0.0351 e. The van der Waals surface area contributed by atoms with E-state index in [1.54, 1.807) is 0 Å². The molecule has 0 amide bonds. The summed E-state index contributed by atoms with van der Waals surface area (Å²) in [4.78, 5) is 0. The Balaban J connectivity index is 2.80. The lowest BCUT2D eigenvalue weighted by atomic mass is 10.1. The highest BCUT2D eigenvalue weighted by molar-refractivity contribution is 5.21. The highest BCUT2D eigenvalue weighted by Gasteiger charge is 1.89. The second-order valence-corrected chi connectivity index (χ2v) is 2.17. The average molecular weight is 134 g/mol. The Morgan fingerprint density at radius 1 is 0.800 bits per heavy atom. The first-order valence-corrected chi connectivity index (χ1v) is 3.24. The van der Waals surface area contributed by atoms with E-state index >= 15 is 0 Å². The van der Waals surface area contributed by atoms with Crippen molar-refractivity contribution in [3.63, 3.8) is 0 Å². The van der Waals surface area contributed by atoms with Gasteiger partial charge in [0.25, 0.3) is 0 Å². The first-order chi connectivity index (χ1) is 4.86. The molecule has 10 heavy (non-hydrogen) atoms. The van der Waals surface area contributed by atoms with Gasteiger partial charge in [-0.25, -0.2) is 0 Å². The number of benzene rings is 1. The lowest BCUT2D eigenvalue weighted by Gasteiger charge is -1.96. The van der Waals surface area contributed by atoms with Gasteiger partial charge in [0.2, 0.25) is 0 Å². The van der Waals surface area contributed by atoms with Crippen LogP contribution in [0.1, 0.15) is 11.1 Å². The van der Waals surface area contributed by atoms with E-state index in [0.29, 0.717) is 13.1 Å². The third kappa shape index (κ3) is 1.56. The summed E-state index contributed by atoms with van der Waals surface area (Å²) < 4.78 is 0. The molecule has 0 aliphatic rings. The summed E-state index contributed by atoms with van der Waals surface area (Å²) in [5, 5.41) is 0. The van der Waals surface area contributed by atoms with Crippen molar-refractivity contribution in [2.75, 3.05) is 0 Å². The van der Waals surface area contributed by atoms with Crippen molar-refractivity contribution >= 4 is 0 Å². The van der Waals surface area contributed by atoms with Gasteiger partial charge in [0.15, 0.2) is 0 Å². The van der Waals surface area contributed by atoms with Gasteiger partial charge in [-0.1, -0.05) is 24.3 Å². The summed E-state index contributed by atoms with van der Waals surface area (Å²) >= 11 is 0. The standard InChI is InChI=1S/C8H10N2/c9-5-7-1-2-8(6-10)4-3-7/h1-4,9-10H,5-6H2. The number of hydrogen-bond donors (Lipinski definition) is 0. The Morgan fingerprint density at radius 2 is 1.10 bits per heavy atom. The normalized spacial score (nSPS) is 9.80. The number of nitrogens with one attached hydrogen (secondary N) is 2. The largest absolute Gasteiger partial charge is 0.253 e. The fraction of sp³-hybridized carbons (Fsp3) is 0.250. The molecule has 0 heterocycles. The fourth-order valence-corrected chi connectivity index (χ4v) is 0.775. The van der Waals surface area contributed by atoms with Crippen LogP contribution in [0.25, 0.3) is 0 Å². The summed E-state index contributed by atoms with van der Waals surface area (Å²) in [6.07, 6.45) is 0. The molecule has 0 saturated carbocycles. The van der Waals surface area contributed by atoms with Gasteiger partial charge < -0.3 is 0 Å². The predicted octanol–water partition coefficient (Wildman–Crippen LogP) is 1.25. The van der Waals surface area contributed by atoms with Crippen LogP contribution in [-0.2, 0) is 13.1 Å². The van der Waals surface area contributed by atoms with Crippen molar-refractivity contribution in [3.8, 4) is 0 Å². The first-order valence-electron chi connectivity index (χ1n) is 3.24. The second-order valence-electron chi connectivity index (χ2n) is 2.17. The van der Waals surface area contributed by atoms with Crippen LogP contribution in [-0.4, -0.2) is 0 Å². The van der Waals surface area contributed by atoms with Gasteiger partial charge in [-0.3, -0.25) is 11.5 Å². The Kier molecular flexibility index (Phi) is 2.42. The molecule has 2 nitrogen and oxygen atoms in total. The minimum atomic E-state index is 0.332. The lowest BCUT2D eigenvalue weighted by Crippen LogP contribution is -1.87. The summed E-state index contributed by atoms with van der Waals surface area (Å²) in [6, 6.07) is 7.60. The topological polar surface area (TPSA) is 47.6 Å². The van der Waals surface area contributed by atoms with Crippen LogP contribution in [0.2, 0.25) is 0 Å². The SMILES string of the molecule is [NH]Cc1ccc(C[NH])cc1. The molecule has 2 radical (unpaired) electrons. The molecule has 1 rings (SSSR count). The van der Waals surface area contributed by atoms with Gasteiger partial charge in [-0.05, 0) is 11.1 Å². The quantitative estimate of drug-likeness (QED) is 0.584. The number of rotatable bonds is 2. The highest BCUT2D eigenvalue weighted by Crippen LogP contribution is 2.02. The Hall–Kier alpha value is -0.860. The van der Waals surface area contributed by atoms with E-state index in [1.165, 1.54) is 0 Å². The molecule has 0 atom stereocenters. The van der Waals surface area contributed by atoms with Crippen LogP contribution in [0.15, 0.2) is 24.3 Å².